The molecule has 0 unspecified atom stereocenters. The van der Waals surface area contributed by atoms with Crippen LogP contribution in [0.2, 0.25) is 5.15 Å². The number of phenolic OH excluding ortho intramolecular Hbond substituents is 1. The maximum absolute atomic E-state index is 11.9. The first kappa shape index (κ1) is 17.7. The van der Waals surface area contributed by atoms with E-state index in [1.165, 1.54) is 25.6 Å². The number of hydrogen-bond acceptors (Lipinski definition) is 5. The molecule has 1 aromatic carbocycles. The Morgan fingerprint density at radius 3 is 2.87 bits per heavy atom. The number of phenols is 1. The number of halogens is 3. The fraction of sp³-hybridized carbons (Fsp3) is 0.0714. The Hall–Kier alpha value is -1.64. The molecular weight excluding hydrogens is 453 g/mol. The average molecular weight is 464 g/mol. The summed E-state index contributed by atoms with van der Waals surface area (Å²) in [4.78, 5) is 15.8. The van der Waals surface area contributed by atoms with E-state index in [0.717, 1.165) is 0 Å². The van der Waals surface area contributed by atoms with Gasteiger partial charge in [0, 0.05) is 16.2 Å². The number of aromatic hydroxyl groups is 1. The van der Waals surface area contributed by atoms with Crippen LogP contribution in [-0.2, 0) is 0 Å². The van der Waals surface area contributed by atoms with Gasteiger partial charge in [-0.15, -0.1) is 0 Å². The van der Waals surface area contributed by atoms with E-state index in [2.05, 4.69) is 47.4 Å². The largest absolute Gasteiger partial charge is 0.503 e. The molecule has 1 aromatic heterocycles. The Kier molecular flexibility index (Phi) is 5.97. The zero-order valence-electron chi connectivity index (χ0n) is 11.7. The number of carbonyl (C=O) groups is 1. The molecule has 2 N–H and O–H groups in total. The Bertz CT molecular complexity index is 784. The molecule has 0 radical (unpaired) electrons. The Labute approximate surface area is 153 Å². The van der Waals surface area contributed by atoms with Gasteiger partial charge in [-0.25, -0.2) is 10.4 Å². The van der Waals surface area contributed by atoms with Gasteiger partial charge in [0.15, 0.2) is 11.5 Å². The van der Waals surface area contributed by atoms with Crippen molar-refractivity contribution in [3.05, 3.63) is 49.6 Å². The number of carbonyl (C=O) groups excluding carboxylic acids is 1. The lowest BCUT2D eigenvalue weighted by Crippen LogP contribution is -2.18. The lowest BCUT2D eigenvalue weighted by molar-refractivity contribution is 0.0955. The summed E-state index contributed by atoms with van der Waals surface area (Å²) >= 11 is 12.4. The van der Waals surface area contributed by atoms with E-state index in [1.54, 1.807) is 12.1 Å². The second kappa shape index (κ2) is 7.76. The molecule has 0 saturated heterocycles. The fourth-order valence-corrected chi connectivity index (χ4v) is 2.67. The monoisotopic (exact) mass is 461 g/mol. The number of rotatable bonds is 4. The zero-order valence-corrected chi connectivity index (χ0v) is 15.6. The van der Waals surface area contributed by atoms with Gasteiger partial charge in [-0.05, 0) is 50.1 Å². The molecule has 2 aromatic rings. The van der Waals surface area contributed by atoms with Crippen LogP contribution in [0.3, 0.4) is 0 Å². The smallest absolute Gasteiger partial charge is 0.274 e. The summed E-state index contributed by atoms with van der Waals surface area (Å²) < 4.78 is 6.04. The Morgan fingerprint density at radius 2 is 2.22 bits per heavy atom. The van der Waals surface area contributed by atoms with Crippen molar-refractivity contribution in [2.75, 3.05) is 7.11 Å². The number of aromatic nitrogens is 1. The normalized spacial score (nSPS) is 10.8. The van der Waals surface area contributed by atoms with Gasteiger partial charge in [0.25, 0.3) is 5.91 Å². The van der Waals surface area contributed by atoms with E-state index in [-0.39, 0.29) is 22.2 Å². The second-order valence-corrected chi connectivity index (χ2v) is 6.13. The first-order valence-electron chi connectivity index (χ1n) is 6.14. The van der Waals surface area contributed by atoms with Crippen molar-refractivity contribution in [3.63, 3.8) is 0 Å². The average Bonchev–Trinajstić information content (AvgIpc) is 2.55. The van der Waals surface area contributed by atoms with Crippen LogP contribution in [0, 0.1) is 0 Å². The van der Waals surface area contributed by atoms with Gasteiger partial charge in [0.1, 0.15) is 5.15 Å². The number of nitrogens with zero attached hydrogens (tertiary/aromatic N) is 2. The van der Waals surface area contributed by atoms with Crippen LogP contribution in [0.1, 0.15) is 15.9 Å². The number of amides is 1. The number of methoxy groups -OCH3 is 1. The molecular formula is C14H10Br2ClN3O3. The number of hydrazone groups is 1. The third-order valence-corrected chi connectivity index (χ3v) is 5.23. The molecule has 9 heteroatoms. The van der Waals surface area contributed by atoms with Gasteiger partial charge in [0.2, 0.25) is 0 Å². The van der Waals surface area contributed by atoms with Crippen LogP contribution in [-0.4, -0.2) is 29.3 Å². The summed E-state index contributed by atoms with van der Waals surface area (Å²) in [5.41, 5.74) is 3.16. The third kappa shape index (κ3) is 4.01. The molecule has 1 amide bonds. The van der Waals surface area contributed by atoms with E-state index < -0.39 is 5.91 Å². The highest BCUT2D eigenvalue weighted by atomic mass is 79.9. The first-order valence-corrected chi connectivity index (χ1v) is 8.11. The van der Waals surface area contributed by atoms with Crippen molar-refractivity contribution in [1.29, 1.82) is 0 Å². The summed E-state index contributed by atoms with van der Waals surface area (Å²) in [6, 6.07) is 4.70. The topological polar surface area (TPSA) is 83.8 Å². The highest BCUT2D eigenvalue weighted by Gasteiger charge is 2.14. The minimum Gasteiger partial charge on any atom is -0.503 e. The summed E-state index contributed by atoms with van der Waals surface area (Å²) in [6.45, 7) is 0. The standard InChI is InChI=1S/C14H10Br2ClN3O3/c1-23-9-5-7(10(15)11(16)12(9)21)6-19-20-14(22)8-3-2-4-18-13(8)17/h2-6,21H,1H3,(H,20,22)/b19-6+. The van der Waals surface area contributed by atoms with Crippen molar-refractivity contribution < 1.29 is 14.6 Å². The lowest BCUT2D eigenvalue weighted by atomic mass is 10.2. The summed E-state index contributed by atoms with van der Waals surface area (Å²) in [5.74, 6) is -0.258. The third-order valence-electron chi connectivity index (χ3n) is 2.77. The van der Waals surface area contributed by atoms with Crippen molar-refractivity contribution in [1.82, 2.24) is 10.4 Å². The molecule has 0 aliphatic carbocycles. The first-order chi connectivity index (χ1) is 11.0. The highest BCUT2D eigenvalue weighted by Crippen LogP contribution is 2.41. The van der Waals surface area contributed by atoms with Crippen molar-refractivity contribution in [2.24, 2.45) is 5.10 Å². The summed E-state index contributed by atoms with van der Waals surface area (Å²) in [6.07, 6.45) is 2.89. The van der Waals surface area contributed by atoms with E-state index in [0.29, 0.717) is 14.5 Å². The molecule has 0 atom stereocenters. The van der Waals surface area contributed by atoms with Gasteiger partial charge in [-0.3, -0.25) is 4.79 Å². The molecule has 0 aliphatic rings. The van der Waals surface area contributed by atoms with Crippen molar-refractivity contribution >= 4 is 55.6 Å². The number of benzene rings is 1. The molecule has 0 spiro atoms. The van der Waals surface area contributed by atoms with Gasteiger partial charge in [0.05, 0.1) is 23.4 Å². The number of pyridine rings is 1. The van der Waals surface area contributed by atoms with Crippen LogP contribution < -0.4 is 10.2 Å². The second-order valence-electron chi connectivity index (χ2n) is 4.19. The minimum absolute atomic E-state index is 0.0392. The predicted octanol–water partition coefficient (Wildman–Crippen LogP) is 3.74. The molecule has 0 fully saturated rings. The van der Waals surface area contributed by atoms with E-state index >= 15 is 0 Å². The minimum atomic E-state index is -0.486. The van der Waals surface area contributed by atoms with E-state index in [1.807, 2.05) is 0 Å². The van der Waals surface area contributed by atoms with Gasteiger partial charge >= 0.3 is 0 Å². The zero-order chi connectivity index (χ0) is 17.0. The Balaban J connectivity index is 2.20. The molecule has 1 heterocycles. The summed E-state index contributed by atoms with van der Waals surface area (Å²) in [7, 11) is 1.43. The molecule has 6 nitrogen and oxygen atoms in total. The SMILES string of the molecule is COc1cc(/C=N/NC(=O)c2cccnc2Cl)c(Br)c(Br)c1O. The maximum Gasteiger partial charge on any atom is 0.274 e. The highest BCUT2D eigenvalue weighted by molar-refractivity contribution is 9.13. The summed E-state index contributed by atoms with van der Waals surface area (Å²) in [5, 5.41) is 13.8. The predicted molar refractivity (Wildman–Crippen MR) is 94.4 cm³/mol. The number of nitrogens with one attached hydrogen (secondary N) is 1. The lowest BCUT2D eigenvalue weighted by Gasteiger charge is -2.09. The van der Waals surface area contributed by atoms with Crippen LogP contribution in [0.25, 0.3) is 0 Å². The number of ether oxygens (including phenoxy) is 1. The molecule has 0 saturated carbocycles. The fourth-order valence-electron chi connectivity index (χ4n) is 1.64. The maximum atomic E-state index is 11.9. The van der Waals surface area contributed by atoms with Crippen LogP contribution in [0.4, 0.5) is 0 Å². The van der Waals surface area contributed by atoms with Crippen molar-refractivity contribution in [2.45, 2.75) is 0 Å². The van der Waals surface area contributed by atoms with Crippen LogP contribution >= 0.6 is 43.5 Å². The quantitative estimate of drug-likeness (QED) is 0.411. The van der Waals surface area contributed by atoms with E-state index in [4.69, 9.17) is 16.3 Å². The molecule has 120 valence electrons. The molecule has 0 bridgehead atoms. The Morgan fingerprint density at radius 1 is 1.48 bits per heavy atom. The van der Waals surface area contributed by atoms with Gasteiger partial charge in [-0.1, -0.05) is 11.6 Å². The van der Waals surface area contributed by atoms with Gasteiger partial charge < -0.3 is 9.84 Å². The molecule has 23 heavy (non-hydrogen) atoms. The van der Waals surface area contributed by atoms with Crippen molar-refractivity contribution in [3.8, 4) is 11.5 Å². The molecule has 0 aliphatic heterocycles. The molecule has 2 rings (SSSR count). The van der Waals surface area contributed by atoms with E-state index in [9.17, 15) is 9.90 Å². The van der Waals surface area contributed by atoms with Gasteiger partial charge in [-0.2, -0.15) is 5.10 Å². The van der Waals surface area contributed by atoms with Crippen LogP contribution in [0.15, 0.2) is 38.4 Å². The van der Waals surface area contributed by atoms with Crippen LogP contribution in [0.5, 0.6) is 11.5 Å². The number of hydrogen-bond donors (Lipinski definition) is 2.